The highest BCUT2D eigenvalue weighted by atomic mass is 16.1. The van der Waals surface area contributed by atoms with Gasteiger partial charge in [0.05, 0.1) is 5.71 Å². The quantitative estimate of drug-likeness (QED) is 0.528. The molecule has 0 saturated heterocycles. The maximum absolute atomic E-state index is 10.4. The SMILES string of the molecule is C/C=C\C(=NC)c1ccc(C=O)cc1. The third-order valence-electron chi connectivity index (χ3n) is 1.91. The smallest absolute Gasteiger partial charge is 0.150 e. The molecular weight excluding hydrogens is 174 g/mol. The van der Waals surface area contributed by atoms with Crippen molar-refractivity contribution in [1.29, 1.82) is 0 Å². The summed E-state index contributed by atoms with van der Waals surface area (Å²) >= 11 is 0. The molecule has 0 saturated carbocycles. The Morgan fingerprint density at radius 1 is 1.29 bits per heavy atom. The van der Waals surface area contributed by atoms with Crippen LogP contribution >= 0.6 is 0 Å². The first-order valence-electron chi connectivity index (χ1n) is 4.47. The van der Waals surface area contributed by atoms with Gasteiger partial charge in [-0.3, -0.25) is 9.79 Å². The lowest BCUT2D eigenvalue weighted by Gasteiger charge is -2.00. The first-order chi connectivity index (χ1) is 6.81. The summed E-state index contributed by atoms with van der Waals surface area (Å²) in [7, 11) is 1.75. The van der Waals surface area contributed by atoms with Crippen LogP contribution in [0.4, 0.5) is 0 Å². The lowest BCUT2D eigenvalue weighted by molar-refractivity contribution is 0.112. The van der Waals surface area contributed by atoms with E-state index < -0.39 is 0 Å². The lowest BCUT2D eigenvalue weighted by atomic mass is 10.1. The monoisotopic (exact) mass is 187 g/mol. The summed E-state index contributed by atoms with van der Waals surface area (Å²) < 4.78 is 0. The van der Waals surface area contributed by atoms with Crippen LogP contribution in [0, 0.1) is 0 Å². The topological polar surface area (TPSA) is 29.4 Å². The Balaban J connectivity index is 3.01. The van der Waals surface area contributed by atoms with E-state index in [4.69, 9.17) is 0 Å². The van der Waals surface area contributed by atoms with Gasteiger partial charge in [-0.1, -0.05) is 30.3 Å². The molecule has 1 aromatic carbocycles. The number of aliphatic imine (C=N–C) groups is 1. The number of hydrogen-bond acceptors (Lipinski definition) is 2. The molecule has 0 atom stereocenters. The highest BCUT2D eigenvalue weighted by molar-refractivity contribution is 6.08. The molecule has 0 heterocycles. The van der Waals surface area contributed by atoms with E-state index in [9.17, 15) is 4.79 Å². The van der Waals surface area contributed by atoms with Gasteiger partial charge in [-0.2, -0.15) is 0 Å². The molecule has 2 nitrogen and oxygen atoms in total. The second-order valence-electron chi connectivity index (χ2n) is 2.85. The molecule has 0 aromatic heterocycles. The molecule has 14 heavy (non-hydrogen) atoms. The standard InChI is InChI=1S/C12H13NO/c1-3-4-12(13-2)11-7-5-10(9-14)6-8-11/h3-9H,1-2H3/b4-3-,13-12?. The van der Waals surface area contributed by atoms with Crippen molar-refractivity contribution in [3.8, 4) is 0 Å². The van der Waals surface area contributed by atoms with Crippen molar-refractivity contribution < 1.29 is 4.79 Å². The summed E-state index contributed by atoms with van der Waals surface area (Å²) in [4.78, 5) is 14.6. The van der Waals surface area contributed by atoms with Crippen molar-refractivity contribution >= 4 is 12.0 Å². The van der Waals surface area contributed by atoms with Crippen molar-refractivity contribution in [3.05, 3.63) is 47.5 Å². The van der Waals surface area contributed by atoms with Gasteiger partial charge in [-0.15, -0.1) is 0 Å². The average Bonchev–Trinajstić information content (AvgIpc) is 2.26. The van der Waals surface area contributed by atoms with Gasteiger partial charge < -0.3 is 0 Å². The number of hydrogen-bond donors (Lipinski definition) is 0. The summed E-state index contributed by atoms with van der Waals surface area (Å²) in [6, 6.07) is 7.37. The third-order valence-corrected chi connectivity index (χ3v) is 1.91. The molecule has 0 aliphatic carbocycles. The minimum atomic E-state index is 0.685. The Morgan fingerprint density at radius 2 is 1.93 bits per heavy atom. The van der Waals surface area contributed by atoms with Crippen molar-refractivity contribution in [2.24, 2.45) is 4.99 Å². The van der Waals surface area contributed by atoms with Gasteiger partial charge in [-0.05, 0) is 18.6 Å². The molecule has 0 fully saturated rings. The third kappa shape index (κ3) is 2.39. The van der Waals surface area contributed by atoms with E-state index in [2.05, 4.69) is 4.99 Å². The molecule has 0 amide bonds. The Morgan fingerprint density at radius 3 is 2.36 bits per heavy atom. The van der Waals surface area contributed by atoms with E-state index in [1.807, 2.05) is 31.2 Å². The van der Waals surface area contributed by atoms with E-state index in [0.29, 0.717) is 5.56 Å². The fourth-order valence-corrected chi connectivity index (χ4v) is 1.19. The van der Waals surface area contributed by atoms with Gasteiger partial charge >= 0.3 is 0 Å². The van der Waals surface area contributed by atoms with Crippen LogP contribution in [0.25, 0.3) is 0 Å². The minimum absolute atomic E-state index is 0.685. The number of carbonyl (C=O) groups excluding carboxylic acids is 1. The van der Waals surface area contributed by atoms with Gasteiger partial charge in [0.15, 0.2) is 0 Å². The van der Waals surface area contributed by atoms with Gasteiger partial charge in [0.2, 0.25) is 0 Å². The number of carbonyl (C=O) groups is 1. The second kappa shape index (κ2) is 5.12. The highest BCUT2D eigenvalue weighted by Gasteiger charge is 1.97. The van der Waals surface area contributed by atoms with Crippen molar-refractivity contribution in [3.63, 3.8) is 0 Å². The Hall–Kier alpha value is -1.70. The van der Waals surface area contributed by atoms with Crippen LogP contribution in [0.3, 0.4) is 0 Å². The summed E-state index contributed by atoms with van der Waals surface area (Å²) in [5, 5.41) is 0. The molecule has 0 N–H and O–H groups in total. The minimum Gasteiger partial charge on any atom is -0.298 e. The normalized spacial score (nSPS) is 12.0. The van der Waals surface area contributed by atoms with E-state index in [0.717, 1.165) is 17.6 Å². The van der Waals surface area contributed by atoms with Gasteiger partial charge in [0.25, 0.3) is 0 Å². The van der Waals surface area contributed by atoms with Gasteiger partial charge in [-0.25, -0.2) is 0 Å². The zero-order valence-electron chi connectivity index (χ0n) is 8.40. The summed E-state index contributed by atoms with van der Waals surface area (Å²) in [5.41, 5.74) is 2.63. The molecule has 0 spiro atoms. The largest absolute Gasteiger partial charge is 0.298 e. The fourth-order valence-electron chi connectivity index (χ4n) is 1.19. The van der Waals surface area contributed by atoms with Gasteiger partial charge in [0, 0.05) is 12.6 Å². The van der Waals surface area contributed by atoms with Crippen LogP contribution in [-0.2, 0) is 0 Å². The number of aldehydes is 1. The Labute approximate surface area is 84.0 Å². The molecule has 0 aliphatic heterocycles. The summed E-state index contributed by atoms with van der Waals surface area (Å²) in [5.74, 6) is 0. The van der Waals surface area contributed by atoms with Crippen LogP contribution < -0.4 is 0 Å². The van der Waals surface area contributed by atoms with E-state index >= 15 is 0 Å². The van der Waals surface area contributed by atoms with Crippen molar-refractivity contribution in [2.75, 3.05) is 7.05 Å². The summed E-state index contributed by atoms with van der Waals surface area (Å²) in [6.45, 7) is 1.95. The van der Waals surface area contributed by atoms with Crippen LogP contribution in [-0.4, -0.2) is 19.0 Å². The molecule has 0 radical (unpaired) electrons. The van der Waals surface area contributed by atoms with Gasteiger partial charge in [0.1, 0.15) is 6.29 Å². The predicted octanol–water partition coefficient (Wildman–Crippen LogP) is 2.49. The number of nitrogens with zero attached hydrogens (tertiary/aromatic N) is 1. The zero-order chi connectivity index (χ0) is 10.4. The number of rotatable bonds is 3. The molecule has 0 unspecified atom stereocenters. The number of allylic oxidation sites excluding steroid dienone is 2. The molecule has 0 bridgehead atoms. The maximum Gasteiger partial charge on any atom is 0.150 e. The van der Waals surface area contributed by atoms with E-state index in [1.165, 1.54) is 0 Å². The fraction of sp³-hybridized carbons (Fsp3) is 0.167. The van der Waals surface area contributed by atoms with E-state index in [-0.39, 0.29) is 0 Å². The molecule has 2 heteroatoms. The molecular formula is C12H13NO. The Bertz CT molecular complexity index is 360. The summed E-state index contributed by atoms with van der Waals surface area (Å²) in [6.07, 6.45) is 4.72. The van der Waals surface area contributed by atoms with E-state index in [1.54, 1.807) is 19.2 Å². The maximum atomic E-state index is 10.4. The molecule has 72 valence electrons. The number of benzene rings is 1. The van der Waals surface area contributed by atoms with Crippen molar-refractivity contribution in [1.82, 2.24) is 0 Å². The second-order valence-corrected chi connectivity index (χ2v) is 2.85. The first kappa shape index (κ1) is 10.4. The average molecular weight is 187 g/mol. The molecule has 1 aromatic rings. The highest BCUT2D eigenvalue weighted by Crippen LogP contribution is 2.05. The zero-order valence-corrected chi connectivity index (χ0v) is 8.40. The van der Waals surface area contributed by atoms with Crippen LogP contribution in [0.15, 0.2) is 41.4 Å². The Kier molecular flexibility index (Phi) is 3.80. The van der Waals surface area contributed by atoms with Crippen LogP contribution in [0.1, 0.15) is 22.8 Å². The molecule has 0 aliphatic rings. The lowest BCUT2D eigenvalue weighted by Crippen LogP contribution is -1.96. The predicted molar refractivity (Wildman–Crippen MR) is 59.1 cm³/mol. The molecule has 1 rings (SSSR count). The van der Waals surface area contributed by atoms with Crippen molar-refractivity contribution in [2.45, 2.75) is 6.92 Å². The first-order valence-corrected chi connectivity index (χ1v) is 4.47. The van der Waals surface area contributed by atoms with Crippen LogP contribution in [0.5, 0.6) is 0 Å². The van der Waals surface area contributed by atoms with Crippen LogP contribution in [0.2, 0.25) is 0 Å².